The predicted octanol–water partition coefficient (Wildman–Crippen LogP) is 3.75. The molecule has 142 valence electrons. The number of hydrogen-bond donors (Lipinski definition) is 3. The lowest BCUT2D eigenvalue weighted by atomic mass is 10.1. The van der Waals surface area contributed by atoms with E-state index in [2.05, 4.69) is 15.5 Å². The highest BCUT2D eigenvalue weighted by Crippen LogP contribution is 2.21. The zero-order valence-electron chi connectivity index (χ0n) is 15.5. The van der Waals surface area contributed by atoms with Gasteiger partial charge in [-0.1, -0.05) is 12.1 Å². The summed E-state index contributed by atoms with van der Waals surface area (Å²) in [6.07, 6.45) is -0.871. The van der Waals surface area contributed by atoms with Crippen LogP contribution in [0.2, 0.25) is 0 Å². The molecule has 1 saturated heterocycles. The number of anilines is 3. The van der Waals surface area contributed by atoms with E-state index in [1.165, 1.54) is 4.90 Å². The molecule has 3 amide bonds. The van der Waals surface area contributed by atoms with Crippen LogP contribution in [0.4, 0.5) is 26.7 Å². The van der Waals surface area contributed by atoms with Crippen LogP contribution in [0.1, 0.15) is 11.1 Å². The lowest BCUT2D eigenvalue weighted by Gasteiger charge is -2.34. The Kier molecular flexibility index (Phi) is 5.49. The highest BCUT2D eigenvalue weighted by Gasteiger charge is 2.20. The number of hydrogen-bond acceptors (Lipinski definition) is 3. The zero-order chi connectivity index (χ0) is 19.4. The Morgan fingerprint density at radius 1 is 0.926 bits per heavy atom. The molecule has 0 saturated carbocycles. The highest BCUT2D eigenvalue weighted by molar-refractivity contribution is 6.00. The number of aryl methyl sites for hydroxylation is 2. The van der Waals surface area contributed by atoms with E-state index in [0.29, 0.717) is 31.9 Å². The number of carboxylic acid groups (broad SMARTS) is 1. The minimum absolute atomic E-state index is 0.286. The molecule has 27 heavy (non-hydrogen) atoms. The number of nitrogens with one attached hydrogen (secondary N) is 2. The van der Waals surface area contributed by atoms with Gasteiger partial charge in [0, 0.05) is 43.2 Å². The van der Waals surface area contributed by atoms with Crippen LogP contribution in [0.3, 0.4) is 0 Å². The summed E-state index contributed by atoms with van der Waals surface area (Å²) in [5.74, 6) is 0. The normalized spacial score (nSPS) is 14.0. The summed E-state index contributed by atoms with van der Waals surface area (Å²) < 4.78 is 0. The molecule has 3 rings (SSSR count). The van der Waals surface area contributed by atoms with E-state index in [4.69, 9.17) is 5.11 Å². The molecule has 7 heteroatoms. The molecule has 0 spiro atoms. The molecular weight excluding hydrogens is 344 g/mol. The van der Waals surface area contributed by atoms with Gasteiger partial charge in [-0.25, -0.2) is 9.59 Å². The van der Waals surface area contributed by atoms with E-state index >= 15 is 0 Å². The summed E-state index contributed by atoms with van der Waals surface area (Å²) in [5.41, 5.74) is 4.60. The lowest BCUT2D eigenvalue weighted by Crippen LogP contribution is -2.48. The van der Waals surface area contributed by atoms with Crippen LogP contribution < -0.4 is 15.5 Å². The molecule has 0 unspecified atom stereocenters. The third-order valence-electron chi connectivity index (χ3n) is 4.68. The average Bonchev–Trinajstić information content (AvgIpc) is 2.65. The number of rotatable bonds is 3. The van der Waals surface area contributed by atoms with Crippen molar-refractivity contribution in [1.29, 1.82) is 0 Å². The molecule has 1 aliphatic rings. The van der Waals surface area contributed by atoms with Crippen molar-refractivity contribution < 1.29 is 14.7 Å². The molecule has 3 N–H and O–H groups in total. The van der Waals surface area contributed by atoms with Gasteiger partial charge in [0.1, 0.15) is 0 Å². The molecule has 0 radical (unpaired) electrons. The standard InChI is InChI=1S/C20H24N4O3/c1-14-3-4-15(2)18(13-14)22-19(25)21-16-5-7-17(8-6-16)23-9-11-24(12-10-23)20(26)27/h3-8,13H,9-12H2,1-2H3,(H,26,27)(H2,21,22,25). The van der Waals surface area contributed by atoms with Gasteiger partial charge >= 0.3 is 12.1 Å². The number of carbonyl (C=O) groups is 2. The minimum atomic E-state index is -0.871. The quantitative estimate of drug-likeness (QED) is 0.770. The number of carbonyl (C=O) groups excluding carboxylic acids is 1. The summed E-state index contributed by atoms with van der Waals surface area (Å²) in [5, 5.41) is 14.7. The van der Waals surface area contributed by atoms with Crippen molar-refractivity contribution in [3.63, 3.8) is 0 Å². The SMILES string of the molecule is Cc1ccc(C)c(NC(=O)Nc2ccc(N3CCN(C(=O)O)CC3)cc2)c1. The van der Waals surface area contributed by atoms with Gasteiger partial charge in [-0.05, 0) is 55.3 Å². The van der Waals surface area contributed by atoms with Crippen molar-refractivity contribution in [3.05, 3.63) is 53.6 Å². The van der Waals surface area contributed by atoms with Crippen LogP contribution in [0.25, 0.3) is 0 Å². The van der Waals surface area contributed by atoms with Gasteiger partial charge in [0.2, 0.25) is 0 Å². The number of urea groups is 1. The van der Waals surface area contributed by atoms with Crippen molar-refractivity contribution >= 4 is 29.2 Å². The third-order valence-corrected chi connectivity index (χ3v) is 4.68. The van der Waals surface area contributed by atoms with Gasteiger partial charge in [0.25, 0.3) is 0 Å². The summed E-state index contributed by atoms with van der Waals surface area (Å²) in [6, 6.07) is 13.2. The summed E-state index contributed by atoms with van der Waals surface area (Å²) >= 11 is 0. The van der Waals surface area contributed by atoms with Gasteiger partial charge in [-0.3, -0.25) is 0 Å². The molecular formula is C20H24N4O3. The topological polar surface area (TPSA) is 84.9 Å². The Morgan fingerprint density at radius 3 is 2.22 bits per heavy atom. The maximum absolute atomic E-state index is 12.2. The first-order valence-corrected chi connectivity index (χ1v) is 8.90. The Bertz CT molecular complexity index is 828. The van der Waals surface area contributed by atoms with Crippen LogP contribution in [0.5, 0.6) is 0 Å². The largest absolute Gasteiger partial charge is 0.465 e. The van der Waals surface area contributed by atoms with Crippen molar-refractivity contribution in [2.24, 2.45) is 0 Å². The number of amides is 3. The fraction of sp³-hybridized carbons (Fsp3) is 0.300. The van der Waals surface area contributed by atoms with E-state index in [0.717, 1.165) is 22.5 Å². The second kappa shape index (κ2) is 7.99. The molecule has 2 aromatic rings. The first kappa shape index (κ1) is 18.6. The predicted molar refractivity (Wildman–Crippen MR) is 107 cm³/mol. The molecule has 0 bridgehead atoms. The van der Waals surface area contributed by atoms with E-state index in [1.54, 1.807) is 0 Å². The average molecular weight is 368 g/mol. The maximum atomic E-state index is 12.2. The van der Waals surface area contributed by atoms with Crippen LogP contribution in [0, 0.1) is 13.8 Å². The summed E-state index contributed by atoms with van der Waals surface area (Å²) in [4.78, 5) is 26.8. The monoisotopic (exact) mass is 368 g/mol. The van der Waals surface area contributed by atoms with Gasteiger partial charge < -0.3 is 25.5 Å². The molecule has 1 aliphatic heterocycles. The van der Waals surface area contributed by atoms with Gasteiger partial charge in [0.05, 0.1) is 0 Å². The Morgan fingerprint density at radius 2 is 1.59 bits per heavy atom. The van der Waals surface area contributed by atoms with Gasteiger partial charge in [-0.2, -0.15) is 0 Å². The number of nitrogens with zero attached hydrogens (tertiary/aromatic N) is 2. The second-order valence-corrected chi connectivity index (χ2v) is 6.70. The van der Waals surface area contributed by atoms with Gasteiger partial charge in [-0.15, -0.1) is 0 Å². The molecule has 1 fully saturated rings. The summed E-state index contributed by atoms with van der Waals surface area (Å²) in [6.45, 7) is 6.24. The molecule has 0 aromatic heterocycles. The van der Waals surface area contributed by atoms with Crippen molar-refractivity contribution in [3.8, 4) is 0 Å². The number of piperazine rings is 1. The van der Waals surface area contributed by atoms with Gasteiger partial charge in [0.15, 0.2) is 0 Å². The molecule has 0 atom stereocenters. The number of benzene rings is 2. The molecule has 2 aromatic carbocycles. The zero-order valence-corrected chi connectivity index (χ0v) is 15.5. The maximum Gasteiger partial charge on any atom is 0.407 e. The fourth-order valence-electron chi connectivity index (χ4n) is 3.07. The van der Waals surface area contributed by atoms with Crippen LogP contribution in [0.15, 0.2) is 42.5 Å². The first-order chi connectivity index (χ1) is 12.9. The fourth-order valence-corrected chi connectivity index (χ4v) is 3.07. The Balaban J connectivity index is 1.57. The van der Waals surface area contributed by atoms with E-state index < -0.39 is 6.09 Å². The third kappa shape index (κ3) is 4.69. The van der Waals surface area contributed by atoms with E-state index in [9.17, 15) is 9.59 Å². The van der Waals surface area contributed by atoms with Crippen LogP contribution in [-0.4, -0.2) is 48.3 Å². The molecule has 0 aliphatic carbocycles. The second-order valence-electron chi connectivity index (χ2n) is 6.70. The Labute approximate surface area is 158 Å². The van der Waals surface area contributed by atoms with Crippen molar-refractivity contribution in [2.75, 3.05) is 41.7 Å². The van der Waals surface area contributed by atoms with Crippen LogP contribution >= 0.6 is 0 Å². The smallest absolute Gasteiger partial charge is 0.407 e. The van der Waals surface area contributed by atoms with E-state index in [-0.39, 0.29) is 6.03 Å². The summed E-state index contributed by atoms with van der Waals surface area (Å²) in [7, 11) is 0. The lowest BCUT2D eigenvalue weighted by molar-refractivity contribution is 0.142. The molecule has 7 nitrogen and oxygen atoms in total. The first-order valence-electron chi connectivity index (χ1n) is 8.90. The van der Waals surface area contributed by atoms with E-state index in [1.807, 2.05) is 56.3 Å². The Hall–Kier alpha value is -3.22. The van der Waals surface area contributed by atoms with Crippen LogP contribution in [-0.2, 0) is 0 Å². The molecule has 1 heterocycles. The van der Waals surface area contributed by atoms with Crippen molar-refractivity contribution in [2.45, 2.75) is 13.8 Å². The highest BCUT2D eigenvalue weighted by atomic mass is 16.4. The van der Waals surface area contributed by atoms with Crippen molar-refractivity contribution in [1.82, 2.24) is 4.90 Å². The minimum Gasteiger partial charge on any atom is -0.465 e.